The minimum Gasteiger partial charge on any atom is -0.389 e. The molecule has 0 spiro atoms. The molecule has 2 saturated carbocycles. The van der Waals surface area contributed by atoms with Gasteiger partial charge < -0.3 is 5.11 Å². The van der Waals surface area contributed by atoms with E-state index in [1.165, 1.54) is 29.5 Å². The first-order valence-electron chi connectivity index (χ1n) is 5.88. The molecule has 0 aromatic heterocycles. The summed E-state index contributed by atoms with van der Waals surface area (Å²) in [5, 5.41) is 10.4. The molecule has 0 heterocycles. The molecule has 0 unspecified atom stereocenters. The lowest BCUT2D eigenvalue weighted by Gasteiger charge is -2.24. The van der Waals surface area contributed by atoms with Gasteiger partial charge >= 0.3 is 0 Å². The van der Waals surface area contributed by atoms with E-state index in [4.69, 9.17) is 0 Å². The van der Waals surface area contributed by atoms with Gasteiger partial charge in [0.25, 0.3) is 0 Å². The molecule has 0 saturated heterocycles. The fourth-order valence-electron chi connectivity index (χ4n) is 3.06. The van der Waals surface area contributed by atoms with Gasteiger partial charge in [0, 0.05) is 5.41 Å². The fraction of sp³-hybridized carbons (Fsp3) is 0.571. The number of hydrogen-bond acceptors (Lipinski definition) is 1. The van der Waals surface area contributed by atoms with Crippen LogP contribution in [0.25, 0.3) is 0 Å². The van der Waals surface area contributed by atoms with Crippen molar-refractivity contribution in [2.45, 2.75) is 50.5 Å². The minimum atomic E-state index is -0.354. The number of rotatable bonds is 2. The second-order valence-corrected chi connectivity index (χ2v) is 5.43. The zero-order valence-electron chi connectivity index (χ0n) is 9.51. The first kappa shape index (κ1) is 9.41. The largest absolute Gasteiger partial charge is 0.389 e. The van der Waals surface area contributed by atoms with E-state index in [-0.39, 0.29) is 11.0 Å². The van der Waals surface area contributed by atoms with Crippen molar-refractivity contribution in [3.05, 3.63) is 34.9 Å². The highest BCUT2D eigenvalue weighted by Crippen LogP contribution is 2.65. The monoisotopic (exact) mass is 202 g/mol. The lowest BCUT2D eigenvalue weighted by Crippen LogP contribution is -2.28. The summed E-state index contributed by atoms with van der Waals surface area (Å²) in [5.41, 5.74) is 3.84. The van der Waals surface area contributed by atoms with Crippen LogP contribution in [0, 0.1) is 13.8 Å². The van der Waals surface area contributed by atoms with Gasteiger partial charge in [-0.3, -0.25) is 0 Å². The molecule has 0 amide bonds. The average molecular weight is 202 g/mol. The molecule has 0 bridgehead atoms. The van der Waals surface area contributed by atoms with Crippen molar-refractivity contribution in [3.8, 4) is 0 Å². The van der Waals surface area contributed by atoms with Crippen LogP contribution < -0.4 is 0 Å². The Bertz CT molecular complexity index is 411. The van der Waals surface area contributed by atoms with Gasteiger partial charge in [-0.2, -0.15) is 0 Å². The molecule has 1 N–H and O–H groups in total. The Morgan fingerprint density at radius 3 is 2.20 bits per heavy atom. The normalized spacial score (nSPS) is 25.0. The number of aryl methyl sites for hydroxylation is 2. The first-order chi connectivity index (χ1) is 7.07. The molecule has 0 radical (unpaired) electrons. The molecule has 15 heavy (non-hydrogen) atoms. The zero-order valence-corrected chi connectivity index (χ0v) is 9.51. The van der Waals surface area contributed by atoms with Crippen LogP contribution in [0.5, 0.6) is 0 Å². The fourth-order valence-corrected chi connectivity index (χ4v) is 3.06. The van der Waals surface area contributed by atoms with Crippen molar-refractivity contribution >= 4 is 0 Å². The zero-order chi connectivity index (χ0) is 10.7. The summed E-state index contributed by atoms with van der Waals surface area (Å²) in [6.07, 6.45) is 4.35. The van der Waals surface area contributed by atoms with Crippen LogP contribution in [-0.4, -0.2) is 10.7 Å². The van der Waals surface area contributed by atoms with Crippen LogP contribution in [0.4, 0.5) is 0 Å². The molecule has 0 aliphatic heterocycles. The summed E-state index contributed by atoms with van der Waals surface area (Å²) in [7, 11) is 0. The van der Waals surface area contributed by atoms with Crippen LogP contribution in [0.15, 0.2) is 18.2 Å². The molecular formula is C14H18O. The molecule has 80 valence electrons. The van der Waals surface area contributed by atoms with Crippen molar-refractivity contribution in [2.75, 3.05) is 0 Å². The van der Waals surface area contributed by atoms with E-state index in [0.29, 0.717) is 0 Å². The maximum absolute atomic E-state index is 10.4. The molecule has 1 aromatic rings. The van der Waals surface area contributed by atoms with E-state index in [2.05, 4.69) is 32.0 Å². The van der Waals surface area contributed by atoms with Gasteiger partial charge in [0.2, 0.25) is 0 Å². The van der Waals surface area contributed by atoms with Crippen LogP contribution in [-0.2, 0) is 5.41 Å². The van der Waals surface area contributed by atoms with Crippen molar-refractivity contribution in [2.24, 2.45) is 0 Å². The molecule has 1 nitrogen and oxygen atoms in total. The SMILES string of the molecule is Cc1ccc(C2(C3(O)CC3)CC2)c(C)c1. The summed E-state index contributed by atoms with van der Waals surface area (Å²) in [6, 6.07) is 6.64. The molecule has 1 heteroatoms. The van der Waals surface area contributed by atoms with Crippen LogP contribution in [0.3, 0.4) is 0 Å². The van der Waals surface area contributed by atoms with Crippen molar-refractivity contribution in [3.63, 3.8) is 0 Å². The second kappa shape index (κ2) is 2.65. The van der Waals surface area contributed by atoms with Gasteiger partial charge in [-0.15, -0.1) is 0 Å². The van der Waals surface area contributed by atoms with Gasteiger partial charge in [0.15, 0.2) is 0 Å². The summed E-state index contributed by atoms with van der Waals surface area (Å²) >= 11 is 0. The lowest BCUT2D eigenvalue weighted by atomic mass is 9.84. The third-order valence-corrected chi connectivity index (χ3v) is 4.26. The quantitative estimate of drug-likeness (QED) is 0.782. The molecule has 2 aliphatic rings. The van der Waals surface area contributed by atoms with Gasteiger partial charge in [0.1, 0.15) is 0 Å². The predicted octanol–water partition coefficient (Wildman–Crippen LogP) is 2.86. The lowest BCUT2D eigenvalue weighted by molar-refractivity contribution is 0.105. The second-order valence-electron chi connectivity index (χ2n) is 5.43. The van der Waals surface area contributed by atoms with E-state index in [1.54, 1.807) is 0 Å². The number of aliphatic hydroxyl groups is 1. The molecule has 2 fully saturated rings. The third-order valence-electron chi connectivity index (χ3n) is 4.26. The van der Waals surface area contributed by atoms with Crippen LogP contribution in [0.1, 0.15) is 42.4 Å². The molecule has 3 rings (SSSR count). The Morgan fingerprint density at radius 2 is 1.73 bits per heavy atom. The maximum Gasteiger partial charge on any atom is 0.0746 e. The summed E-state index contributed by atoms with van der Waals surface area (Å²) in [5.74, 6) is 0. The molecule has 1 aromatic carbocycles. The first-order valence-corrected chi connectivity index (χ1v) is 5.88. The summed E-state index contributed by atoms with van der Waals surface area (Å²) < 4.78 is 0. The van der Waals surface area contributed by atoms with E-state index in [0.717, 1.165) is 12.8 Å². The van der Waals surface area contributed by atoms with E-state index < -0.39 is 0 Å². The Balaban J connectivity index is 2.06. The van der Waals surface area contributed by atoms with Crippen LogP contribution in [0.2, 0.25) is 0 Å². The Labute approximate surface area is 91.1 Å². The Kier molecular flexibility index (Phi) is 1.66. The van der Waals surface area contributed by atoms with Gasteiger partial charge in [-0.05, 0) is 50.7 Å². The summed E-state index contributed by atoms with van der Waals surface area (Å²) in [6.45, 7) is 4.30. The van der Waals surface area contributed by atoms with E-state index in [1.807, 2.05) is 0 Å². The van der Waals surface area contributed by atoms with Crippen molar-refractivity contribution < 1.29 is 5.11 Å². The maximum atomic E-state index is 10.4. The third kappa shape index (κ3) is 1.19. The van der Waals surface area contributed by atoms with Gasteiger partial charge in [0.05, 0.1) is 5.60 Å². The molecular weight excluding hydrogens is 184 g/mol. The van der Waals surface area contributed by atoms with Crippen molar-refractivity contribution in [1.29, 1.82) is 0 Å². The molecule has 0 atom stereocenters. The highest BCUT2D eigenvalue weighted by molar-refractivity contribution is 5.45. The number of hydrogen-bond donors (Lipinski definition) is 1. The minimum absolute atomic E-state index is 0.130. The van der Waals surface area contributed by atoms with Gasteiger partial charge in [-0.1, -0.05) is 23.8 Å². The highest BCUT2D eigenvalue weighted by Gasteiger charge is 2.65. The Morgan fingerprint density at radius 1 is 1.07 bits per heavy atom. The number of benzene rings is 1. The average Bonchev–Trinajstić information content (AvgIpc) is 3.01. The summed E-state index contributed by atoms with van der Waals surface area (Å²) in [4.78, 5) is 0. The van der Waals surface area contributed by atoms with E-state index >= 15 is 0 Å². The standard InChI is InChI=1S/C14H18O/c1-10-3-4-12(11(2)9-10)13(5-6-13)14(15)7-8-14/h3-4,9,15H,5-8H2,1-2H3. The van der Waals surface area contributed by atoms with Gasteiger partial charge in [-0.25, -0.2) is 0 Å². The highest BCUT2D eigenvalue weighted by atomic mass is 16.3. The van der Waals surface area contributed by atoms with E-state index in [9.17, 15) is 5.11 Å². The predicted molar refractivity (Wildman–Crippen MR) is 61.0 cm³/mol. The topological polar surface area (TPSA) is 20.2 Å². The molecule has 2 aliphatic carbocycles. The van der Waals surface area contributed by atoms with Crippen LogP contribution >= 0.6 is 0 Å². The van der Waals surface area contributed by atoms with Crippen molar-refractivity contribution in [1.82, 2.24) is 0 Å². The smallest absolute Gasteiger partial charge is 0.0746 e. The Hall–Kier alpha value is -0.820.